The highest BCUT2D eigenvalue weighted by Gasteiger charge is 2.27. The third kappa shape index (κ3) is 40.9. The molecule has 0 saturated heterocycles. The molecule has 10 heteroatoms. The van der Waals surface area contributed by atoms with Crippen LogP contribution in [0, 0.1) is 0 Å². The van der Waals surface area contributed by atoms with E-state index in [1.165, 1.54) is 19.3 Å². The lowest BCUT2D eigenvalue weighted by Crippen LogP contribution is -2.37. The van der Waals surface area contributed by atoms with Crippen molar-refractivity contribution < 1.29 is 42.1 Å². The third-order valence-electron chi connectivity index (χ3n) is 8.44. The number of phosphoric ester groups is 1. The standard InChI is InChI=1S/C45H78NO8P/c1-6-8-10-12-14-16-18-20-22-23-24-26-27-29-31-33-35-37-44(47)51-41-43(42-53-55(49,50)52-40-39-46(3,4)5)54-45(48)38-36-34-32-30-28-25-21-19-17-15-13-11-9-7-2/h10,12-13,15-16,18-19,21-23,26-27,43H,6-9,11,14,17,20,24-25,28-42H2,1-5H3/p+1/b12-10+,15-13+,18-16+,21-19+,23-22+,27-26+/t43-/m1/s1. The first-order valence-electron chi connectivity index (χ1n) is 21.2. The van der Waals surface area contributed by atoms with Gasteiger partial charge in [0.05, 0.1) is 27.7 Å². The molecule has 0 aromatic carbocycles. The monoisotopic (exact) mass is 793 g/mol. The molecule has 0 fully saturated rings. The summed E-state index contributed by atoms with van der Waals surface area (Å²) in [5, 5.41) is 0. The van der Waals surface area contributed by atoms with E-state index in [4.69, 9.17) is 18.5 Å². The highest BCUT2D eigenvalue weighted by Crippen LogP contribution is 2.43. The van der Waals surface area contributed by atoms with Crippen LogP contribution in [0.4, 0.5) is 0 Å². The molecule has 0 amide bonds. The fraction of sp³-hybridized carbons (Fsp3) is 0.689. The summed E-state index contributed by atoms with van der Waals surface area (Å²) in [6.07, 6.45) is 45.2. The van der Waals surface area contributed by atoms with Crippen LogP contribution >= 0.6 is 7.82 Å². The molecule has 1 unspecified atom stereocenters. The van der Waals surface area contributed by atoms with Gasteiger partial charge in [0.2, 0.25) is 0 Å². The van der Waals surface area contributed by atoms with Crippen LogP contribution in [-0.2, 0) is 32.7 Å². The quantitative estimate of drug-likeness (QED) is 0.0218. The van der Waals surface area contributed by atoms with Crippen molar-refractivity contribution in [2.75, 3.05) is 47.5 Å². The van der Waals surface area contributed by atoms with Crippen LogP contribution in [0.3, 0.4) is 0 Å². The molecule has 0 bridgehead atoms. The molecule has 316 valence electrons. The molecule has 1 N–H and O–H groups in total. The van der Waals surface area contributed by atoms with Crippen molar-refractivity contribution in [1.82, 2.24) is 0 Å². The highest BCUT2D eigenvalue weighted by molar-refractivity contribution is 7.47. The van der Waals surface area contributed by atoms with Crippen molar-refractivity contribution in [3.63, 3.8) is 0 Å². The summed E-state index contributed by atoms with van der Waals surface area (Å²) in [6.45, 7) is 4.23. The predicted molar refractivity (Wildman–Crippen MR) is 229 cm³/mol. The van der Waals surface area contributed by atoms with Gasteiger partial charge in [-0.3, -0.25) is 18.6 Å². The molecule has 0 aliphatic heterocycles. The minimum atomic E-state index is -4.39. The summed E-state index contributed by atoms with van der Waals surface area (Å²) in [6, 6.07) is 0. The first-order valence-corrected chi connectivity index (χ1v) is 22.7. The molecule has 9 nitrogen and oxygen atoms in total. The maximum absolute atomic E-state index is 12.7. The van der Waals surface area contributed by atoms with Gasteiger partial charge in [-0.2, -0.15) is 0 Å². The summed E-state index contributed by atoms with van der Waals surface area (Å²) >= 11 is 0. The maximum atomic E-state index is 12.7. The van der Waals surface area contributed by atoms with Gasteiger partial charge in [0.25, 0.3) is 0 Å². The summed E-state index contributed by atoms with van der Waals surface area (Å²) in [5.74, 6) is -0.859. The van der Waals surface area contributed by atoms with Crippen molar-refractivity contribution in [2.45, 2.75) is 155 Å². The number of allylic oxidation sites excluding steroid dienone is 12. The van der Waals surface area contributed by atoms with Gasteiger partial charge < -0.3 is 18.9 Å². The number of esters is 2. The Labute approximate surface area is 336 Å². The van der Waals surface area contributed by atoms with Crippen LogP contribution in [-0.4, -0.2) is 74.9 Å². The molecule has 0 saturated carbocycles. The molecule has 0 aromatic rings. The number of unbranched alkanes of at least 4 members (excludes halogenated alkanes) is 11. The highest BCUT2D eigenvalue weighted by atomic mass is 31.2. The molecular weight excluding hydrogens is 713 g/mol. The van der Waals surface area contributed by atoms with Crippen LogP contribution in [0.5, 0.6) is 0 Å². The molecular formula is C45H79NO8P+. The number of nitrogens with zero attached hydrogens (tertiary/aromatic N) is 1. The van der Waals surface area contributed by atoms with Gasteiger partial charge >= 0.3 is 19.8 Å². The van der Waals surface area contributed by atoms with Crippen molar-refractivity contribution in [3.05, 3.63) is 72.9 Å². The lowest BCUT2D eigenvalue weighted by atomic mass is 10.1. The van der Waals surface area contributed by atoms with Gasteiger partial charge in [0.1, 0.15) is 19.8 Å². The molecule has 0 spiro atoms. The SMILES string of the molecule is CCC/C=C/C/C=C/C/C=C/C/C=C/CCCCCC(=O)OC[C@H](COP(=O)(O)OCC[N+](C)(C)C)OC(=O)CCCCCCC/C=C/C/C=C/CCCC. The van der Waals surface area contributed by atoms with Gasteiger partial charge in [-0.25, -0.2) is 4.57 Å². The number of carbonyl (C=O) groups is 2. The van der Waals surface area contributed by atoms with Gasteiger partial charge in [0.15, 0.2) is 6.10 Å². The molecule has 2 atom stereocenters. The topological polar surface area (TPSA) is 108 Å². The van der Waals surface area contributed by atoms with Gasteiger partial charge in [-0.15, -0.1) is 0 Å². The Balaban J connectivity index is 4.48. The van der Waals surface area contributed by atoms with Crippen molar-refractivity contribution in [2.24, 2.45) is 0 Å². The Morgan fingerprint density at radius 2 is 1.02 bits per heavy atom. The van der Waals surface area contributed by atoms with E-state index in [9.17, 15) is 19.0 Å². The smallest absolute Gasteiger partial charge is 0.462 e. The first-order chi connectivity index (χ1) is 26.5. The molecule has 55 heavy (non-hydrogen) atoms. The van der Waals surface area contributed by atoms with E-state index in [1.807, 2.05) is 21.1 Å². The number of rotatable bonds is 37. The fourth-order valence-corrected chi connectivity index (χ4v) is 5.82. The minimum absolute atomic E-state index is 0.0196. The lowest BCUT2D eigenvalue weighted by Gasteiger charge is -2.24. The van der Waals surface area contributed by atoms with Crippen LogP contribution in [0.25, 0.3) is 0 Å². The van der Waals surface area contributed by atoms with Gasteiger partial charge in [-0.1, -0.05) is 132 Å². The number of carbonyl (C=O) groups excluding carboxylic acids is 2. The molecule has 0 rings (SSSR count). The fourth-order valence-electron chi connectivity index (χ4n) is 5.08. The second-order valence-corrected chi connectivity index (χ2v) is 16.5. The van der Waals surface area contributed by atoms with Gasteiger partial charge in [-0.05, 0) is 77.0 Å². The van der Waals surface area contributed by atoms with Crippen LogP contribution in [0.1, 0.15) is 149 Å². The van der Waals surface area contributed by atoms with Crippen molar-refractivity contribution in [3.8, 4) is 0 Å². The zero-order valence-electron chi connectivity index (χ0n) is 35.4. The summed E-state index contributed by atoms with van der Waals surface area (Å²) in [7, 11) is 1.43. The Hall–Kier alpha value is -2.55. The number of ether oxygens (including phenoxy) is 2. The molecule has 0 aliphatic carbocycles. The number of phosphoric acid groups is 1. The molecule has 0 aromatic heterocycles. The normalized spacial score (nSPS) is 14.4. The van der Waals surface area contributed by atoms with E-state index >= 15 is 0 Å². The lowest BCUT2D eigenvalue weighted by molar-refractivity contribution is -0.870. The first kappa shape index (κ1) is 52.5. The second-order valence-electron chi connectivity index (χ2n) is 15.0. The van der Waals surface area contributed by atoms with Crippen molar-refractivity contribution >= 4 is 19.8 Å². The molecule has 0 heterocycles. The number of likely N-dealkylation sites (N-methyl/N-ethyl adjacent to an activating group) is 1. The number of hydrogen-bond acceptors (Lipinski definition) is 7. The average Bonchev–Trinajstić information content (AvgIpc) is 3.13. The summed E-state index contributed by atoms with van der Waals surface area (Å²) in [4.78, 5) is 35.3. The Kier molecular flexibility index (Phi) is 35.3. The maximum Gasteiger partial charge on any atom is 0.472 e. The average molecular weight is 793 g/mol. The Morgan fingerprint density at radius 1 is 0.564 bits per heavy atom. The predicted octanol–water partition coefficient (Wildman–Crippen LogP) is 11.9. The van der Waals surface area contributed by atoms with E-state index in [0.29, 0.717) is 23.9 Å². The van der Waals surface area contributed by atoms with Crippen LogP contribution < -0.4 is 0 Å². The zero-order chi connectivity index (χ0) is 40.7. The minimum Gasteiger partial charge on any atom is -0.462 e. The van der Waals surface area contributed by atoms with E-state index in [0.717, 1.165) is 89.9 Å². The Bertz CT molecular complexity index is 1170. The van der Waals surface area contributed by atoms with Gasteiger partial charge in [0, 0.05) is 12.8 Å². The third-order valence-corrected chi connectivity index (χ3v) is 9.42. The van der Waals surface area contributed by atoms with Crippen molar-refractivity contribution in [1.29, 1.82) is 0 Å². The summed E-state index contributed by atoms with van der Waals surface area (Å²) in [5.41, 5.74) is 0. The molecule has 0 radical (unpaired) electrons. The second kappa shape index (κ2) is 37.1. The largest absolute Gasteiger partial charge is 0.472 e. The summed E-state index contributed by atoms with van der Waals surface area (Å²) < 4.78 is 34.2. The molecule has 0 aliphatic rings. The number of quaternary nitrogens is 1. The Morgan fingerprint density at radius 3 is 1.55 bits per heavy atom. The zero-order valence-corrected chi connectivity index (χ0v) is 36.3. The van der Waals surface area contributed by atoms with E-state index in [2.05, 4.69) is 86.8 Å². The van der Waals surface area contributed by atoms with E-state index in [-0.39, 0.29) is 26.1 Å². The van der Waals surface area contributed by atoms with E-state index < -0.39 is 32.5 Å². The van der Waals surface area contributed by atoms with E-state index in [1.54, 1.807) is 0 Å². The van der Waals surface area contributed by atoms with Crippen LogP contribution in [0.2, 0.25) is 0 Å². The number of hydrogen-bond donors (Lipinski definition) is 1. The van der Waals surface area contributed by atoms with Crippen LogP contribution in [0.15, 0.2) is 72.9 Å².